The number of carboxylic acid groups (broad SMARTS) is 1. The fraction of sp³-hybridized carbons (Fsp3) is 0.727. The molecule has 0 saturated heterocycles. The molecule has 0 aliphatic heterocycles. The molecule has 6 nitrogen and oxygen atoms in total. The Morgan fingerprint density at radius 1 is 1.41 bits per heavy atom. The van der Waals surface area contributed by atoms with Crippen molar-refractivity contribution in [2.45, 2.75) is 33.1 Å². The van der Waals surface area contributed by atoms with Gasteiger partial charge in [-0.1, -0.05) is 13.8 Å². The standard InChI is InChI=1S/C11H19N3O3/c1-5-11(6-2,9(15)16)7-8-12-10(13-17-8)14(3)4/h5-7H2,1-4H3,(H,15,16). The summed E-state index contributed by atoms with van der Waals surface area (Å²) in [6.07, 6.45) is 1.35. The van der Waals surface area contributed by atoms with Gasteiger partial charge in [0.2, 0.25) is 5.89 Å². The first-order chi connectivity index (χ1) is 7.95. The molecule has 0 atom stereocenters. The SMILES string of the molecule is CCC(CC)(Cc1nc(N(C)C)no1)C(=O)O. The molecule has 0 unspecified atom stereocenters. The highest BCUT2D eigenvalue weighted by Crippen LogP contribution is 2.31. The van der Waals surface area contributed by atoms with Gasteiger partial charge in [0, 0.05) is 20.5 Å². The number of aliphatic carboxylic acids is 1. The van der Waals surface area contributed by atoms with Crippen molar-refractivity contribution in [3.8, 4) is 0 Å². The van der Waals surface area contributed by atoms with Crippen LogP contribution < -0.4 is 4.90 Å². The van der Waals surface area contributed by atoms with Gasteiger partial charge in [-0.05, 0) is 18.0 Å². The minimum atomic E-state index is -0.813. The first kappa shape index (κ1) is 13.5. The molecule has 1 N–H and O–H groups in total. The summed E-state index contributed by atoms with van der Waals surface area (Å²) in [6.45, 7) is 3.72. The molecule has 96 valence electrons. The van der Waals surface area contributed by atoms with Crippen molar-refractivity contribution in [2.24, 2.45) is 5.41 Å². The maximum atomic E-state index is 11.3. The Labute approximate surface area is 101 Å². The number of anilines is 1. The van der Waals surface area contributed by atoms with Gasteiger partial charge in [-0.15, -0.1) is 0 Å². The summed E-state index contributed by atoms with van der Waals surface area (Å²) in [7, 11) is 3.61. The van der Waals surface area contributed by atoms with Gasteiger partial charge >= 0.3 is 5.97 Å². The molecule has 0 aromatic carbocycles. The number of rotatable bonds is 6. The Balaban J connectivity index is 2.90. The smallest absolute Gasteiger partial charge is 0.310 e. The van der Waals surface area contributed by atoms with Crippen molar-refractivity contribution in [3.63, 3.8) is 0 Å². The molecule has 1 rings (SSSR count). The second-order valence-electron chi connectivity index (χ2n) is 4.35. The number of aromatic nitrogens is 2. The molecule has 1 heterocycles. The van der Waals surface area contributed by atoms with Crippen LogP contribution in [-0.4, -0.2) is 35.3 Å². The molecule has 0 fully saturated rings. The van der Waals surface area contributed by atoms with E-state index in [2.05, 4.69) is 10.1 Å². The highest BCUT2D eigenvalue weighted by molar-refractivity contribution is 5.74. The summed E-state index contributed by atoms with van der Waals surface area (Å²) in [5.41, 5.74) is -0.809. The van der Waals surface area contributed by atoms with Gasteiger partial charge in [0.25, 0.3) is 5.95 Å². The summed E-state index contributed by atoms with van der Waals surface area (Å²) in [6, 6.07) is 0. The molecule has 0 spiro atoms. The lowest BCUT2D eigenvalue weighted by Crippen LogP contribution is -2.32. The van der Waals surface area contributed by atoms with Gasteiger partial charge in [-0.2, -0.15) is 4.98 Å². The fourth-order valence-corrected chi connectivity index (χ4v) is 1.67. The summed E-state index contributed by atoms with van der Waals surface area (Å²) in [5, 5.41) is 13.1. The van der Waals surface area contributed by atoms with E-state index in [0.29, 0.717) is 24.7 Å². The third kappa shape index (κ3) is 2.75. The molecule has 17 heavy (non-hydrogen) atoms. The first-order valence-corrected chi connectivity index (χ1v) is 5.68. The summed E-state index contributed by atoms with van der Waals surface area (Å²) in [5.74, 6) is 0.0263. The van der Waals surface area contributed by atoms with Gasteiger partial charge in [0.05, 0.1) is 5.41 Å². The third-order valence-electron chi connectivity index (χ3n) is 3.15. The second kappa shape index (κ2) is 5.16. The molecular weight excluding hydrogens is 222 g/mol. The van der Waals surface area contributed by atoms with E-state index in [1.54, 1.807) is 19.0 Å². The van der Waals surface area contributed by atoms with Gasteiger partial charge in [0.1, 0.15) is 0 Å². The van der Waals surface area contributed by atoms with E-state index >= 15 is 0 Å². The Morgan fingerprint density at radius 3 is 2.35 bits per heavy atom. The van der Waals surface area contributed by atoms with Crippen molar-refractivity contribution in [1.82, 2.24) is 10.1 Å². The minimum absolute atomic E-state index is 0.274. The van der Waals surface area contributed by atoms with Crippen LogP contribution in [0.5, 0.6) is 0 Å². The van der Waals surface area contributed by atoms with Crippen molar-refractivity contribution in [2.75, 3.05) is 19.0 Å². The van der Waals surface area contributed by atoms with Gasteiger partial charge in [-0.3, -0.25) is 4.79 Å². The molecule has 0 radical (unpaired) electrons. The Kier molecular flexibility index (Phi) is 4.09. The highest BCUT2D eigenvalue weighted by Gasteiger charge is 2.37. The minimum Gasteiger partial charge on any atom is -0.481 e. The number of nitrogens with zero attached hydrogens (tertiary/aromatic N) is 3. The van der Waals surface area contributed by atoms with Crippen LogP contribution in [0.4, 0.5) is 5.95 Å². The van der Waals surface area contributed by atoms with Crippen molar-refractivity contribution in [1.29, 1.82) is 0 Å². The number of hydrogen-bond donors (Lipinski definition) is 1. The molecule has 1 aromatic rings. The van der Waals surface area contributed by atoms with Gasteiger partial charge in [0.15, 0.2) is 0 Å². The highest BCUT2D eigenvalue weighted by atomic mass is 16.5. The average molecular weight is 241 g/mol. The van der Waals surface area contributed by atoms with Crippen LogP contribution in [0.25, 0.3) is 0 Å². The predicted octanol–water partition coefficient (Wildman–Crippen LogP) is 1.57. The van der Waals surface area contributed by atoms with E-state index in [-0.39, 0.29) is 6.42 Å². The van der Waals surface area contributed by atoms with Gasteiger partial charge in [-0.25, -0.2) is 0 Å². The molecule has 6 heteroatoms. The Hall–Kier alpha value is -1.59. The lowest BCUT2D eigenvalue weighted by molar-refractivity contribution is -0.149. The van der Waals surface area contributed by atoms with E-state index < -0.39 is 11.4 Å². The van der Waals surface area contributed by atoms with E-state index in [9.17, 15) is 9.90 Å². The lowest BCUT2D eigenvalue weighted by Gasteiger charge is -2.24. The van der Waals surface area contributed by atoms with Crippen molar-refractivity contribution >= 4 is 11.9 Å². The monoisotopic (exact) mass is 241 g/mol. The normalized spacial score (nSPS) is 11.5. The zero-order chi connectivity index (χ0) is 13.1. The van der Waals surface area contributed by atoms with E-state index in [0.717, 1.165) is 0 Å². The van der Waals surface area contributed by atoms with Crippen molar-refractivity contribution < 1.29 is 14.4 Å². The lowest BCUT2D eigenvalue weighted by atomic mass is 9.79. The summed E-state index contributed by atoms with van der Waals surface area (Å²) >= 11 is 0. The Morgan fingerprint density at radius 2 is 2.00 bits per heavy atom. The molecule has 0 aliphatic carbocycles. The third-order valence-corrected chi connectivity index (χ3v) is 3.15. The predicted molar refractivity (Wildman–Crippen MR) is 63.0 cm³/mol. The number of carbonyl (C=O) groups is 1. The molecular formula is C11H19N3O3. The van der Waals surface area contributed by atoms with Crippen LogP contribution >= 0.6 is 0 Å². The molecule has 0 amide bonds. The first-order valence-electron chi connectivity index (χ1n) is 5.68. The second-order valence-corrected chi connectivity index (χ2v) is 4.35. The van der Waals surface area contributed by atoms with Crippen LogP contribution in [0.2, 0.25) is 0 Å². The molecule has 0 bridgehead atoms. The topological polar surface area (TPSA) is 79.5 Å². The van der Waals surface area contributed by atoms with Gasteiger partial charge < -0.3 is 14.5 Å². The molecule has 0 saturated carbocycles. The molecule has 0 aliphatic rings. The van der Waals surface area contributed by atoms with Crippen LogP contribution in [0.15, 0.2) is 4.52 Å². The summed E-state index contributed by atoms with van der Waals surface area (Å²) in [4.78, 5) is 17.2. The van der Waals surface area contributed by atoms with Crippen LogP contribution in [0.3, 0.4) is 0 Å². The molecule has 1 aromatic heterocycles. The maximum absolute atomic E-state index is 11.3. The number of hydrogen-bond acceptors (Lipinski definition) is 5. The van der Waals surface area contributed by atoms with Crippen LogP contribution in [-0.2, 0) is 11.2 Å². The van der Waals surface area contributed by atoms with E-state index in [4.69, 9.17) is 4.52 Å². The van der Waals surface area contributed by atoms with Crippen molar-refractivity contribution in [3.05, 3.63) is 5.89 Å². The van der Waals surface area contributed by atoms with E-state index in [1.807, 2.05) is 13.8 Å². The van der Waals surface area contributed by atoms with E-state index in [1.165, 1.54) is 0 Å². The average Bonchev–Trinajstić information content (AvgIpc) is 2.74. The Bertz CT molecular complexity index is 383. The number of carboxylic acids is 1. The van der Waals surface area contributed by atoms with Crippen LogP contribution in [0, 0.1) is 5.41 Å². The fourth-order valence-electron chi connectivity index (χ4n) is 1.67. The zero-order valence-corrected chi connectivity index (χ0v) is 10.7. The zero-order valence-electron chi connectivity index (χ0n) is 10.7. The quantitative estimate of drug-likeness (QED) is 0.814. The maximum Gasteiger partial charge on any atom is 0.310 e. The van der Waals surface area contributed by atoms with Crippen LogP contribution in [0.1, 0.15) is 32.6 Å². The largest absolute Gasteiger partial charge is 0.481 e. The summed E-state index contributed by atoms with van der Waals surface area (Å²) < 4.78 is 5.07.